The third-order valence-corrected chi connectivity index (χ3v) is 19.5. The maximum absolute atomic E-state index is 15.4. The number of carbonyl (C=O) groups is 12. The summed E-state index contributed by atoms with van der Waals surface area (Å²) < 4.78 is 17.1. The lowest BCUT2D eigenvalue weighted by Crippen LogP contribution is -2.64. The molecule has 98 heavy (non-hydrogen) atoms. The van der Waals surface area contributed by atoms with Crippen molar-refractivity contribution in [1.29, 1.82) is 0 Å². The molecule has 0 saturated carbocycles. The molecule has 0 aromatic heterocycles. The van der Waals surface area contributed by atoms with Crippen molar-refractivity contribution >= 4 is 70.8 Å². The maximum Gasteiger partial charge on any atom is 0.406 e. The van der Waals surface area contributed by atoms with Gasteiger partial charge in [-0.25, -0.2) is 4.79 Å². The van der Waals surface area contributed by atoms with Crippen LogP contribution >= 0.6 is 0 Å². The number of aliphatic hydroxyl groups is 1. The fourth-order valence-electron chi connectivity index (χ4n) is 13.0. The second kappa shape index (κ2) is 41.4. The van der Waals surface area contributed by atoms with Crippen LogP contribution in [0.1, 0.15) is 169 Å². The summed E-state index contributed by atoms with van der Waals surface area (Å²) in [7, 11) is 11.3. The van der Waals surface area contributed by atoms with Gasteiger partial charge < -0.3 is 69.6 Å². The van der Waals surface area contributed by atoms with Crippen LogP contribution in [0.25, 0.3) is 0 Å². The van der Waals surface area contributed by atoms with Gasteiger partial charge in [-0.1, -0.05) is 90.0 Å². The van der Waals surface area contributed by atoms with E-state index in [2.05, 4.69) is 20.9 Å². The number of hydrogen-bond acceptors (Lipinski definition) is 17. The molecule has 0 aromatic carbocycles. The molecule has 0 spiro atoms. The van der Waals surface area contributed by atoms with E-state index in [4.69, 9.17) is 14.2 Å². The molecule has 0 aliphatic carbocycles. The zero-order valence-electron chi connectivity index (χ0n) is 63.9. The van der Waals surface area contributed by atoms with Gasteiger partial charge in [-0.2, -0.15) is 0 Å². The molecule has 2 rings (SSSR count). The van der Waals surface area contributed by atoms with Gasteiger partial charge in [0.15, 0.2) is 11.6 Å². The molecule has 0 unspecified atom stereocenters. The Balaban J connectivity index is 3.03. The minimum absolute atomic E-state index is 0.00827. The van der Waals surface area contributed by atoms with Gasteiger partial charge in [0, 0.05) is 101 Å². The summed E-state index contributed by atoms with van der Waals surface area (Å²) in [6.45, 7) is 31.3. The quantitative estimate of drug-likeness (QED) is 0.118. The fourth-order valence-corrected chi connectivity index (χ4v) is 13.0. The Kier molecular flexibility index (Phi) is 37.1. The van der Waals surface area contributed by atoms with Gasteiger partial charge in [0.05, 0.1) is 38.1 Å². The second-order valence-electron chi connectivity index (χ2n) is 29.5. The molecule has 4 N–H and O–H groups in total. The highest BCUT2D eigenvalue weighted by Gasteiger charge is 2.47. The van der Waals surface area contributed by atoms with Crippen molar-refractivity contribution in [1.82, 2.24) is 55.1 Å². The molecule has 2 heterocycles. The molecular formula is C71H127N11O16. The predicted molar refractivity (Wildman–Crippen MR) is 373 cm³/mol. The summed E-state index contributed by atoms with van der Waals surface area (Å²) >= 11 is 0. The third kappa shape index (κ3) is 25.1. The van der Waals surface area contributed by atoms with E-state index < -0.39 is 167 Å². The number of aliphatic hydroxyl groups excluding tert-OH is 1. The highest BCUT2D eigenvalue weighted by Crippen LogP contribution is 2.29. The van der Waals surface area contributed by atoms with Crippen LogP contribution in [0.3, 0.4) is 0 Å². The number of morpholine rings is 1. The maximum atomic E-state index is 15.4. The molecular weight excluding hydrogens is 1260 g/mol. The molecule has 2 fully saturated rings. The topological polar surface area (TPSA) is 315 Å². The van der Waals surface area contributed by atoms with E-state index in [1.807, 2.05) is 41.5 Å². The molecule has 0 aromatic rings. The summed E-state index contributed by atoms with van der Waals surface area (Å²) in [5.74, 6) is -11.6. The van der Waals surface area contributed by atoms with Crippen LogP contribution in [-0.2, 0) is 67.0 Å². The first-order valence-corrected chi connectivity index (χ1v) is 35.6. The number of ketones is 2. The number of Topliss-reactive ketones (excluding diaryl/α,β-unsaturated/α-hetero) is 2. The predicted octanol–water partition coefficient (Wildman–Crippen LogP) is 4.09. The highest BCUT2D eigenvalue weighted by molar-refractivity contribution is 6.00. The lowest BCUT2D eigenvalue weighted by atomic mass is 9.85. The number of nitrogens with zero attached hydrogens (tertiary/aromatic N) is 8. The molecule has 2 aliphatic rings. The normalized spacial score (nSPS) is 27.1. The second-order valence-corrected chi connectivity index (χ2v) is 29.5. The van der Waals surface area contributed by atoms with Crippen LogP contribution in [0.2, 0.25) is 0 Å². The Morgan fingerprint density at radius 3 is 1.56 bits per heavy atom. The lowest BCUT2D eigenvalue weighted by Gasteiger charge is -2.41. The van der Waals surface area contributed by atoms with Crippen molar-refractivity contribution in [2.45, 2.75) is 235 Å². The number of rotatable bonds is 21. The molecule has 0 bridgehead atoms. The Labute approximate surface area is 585 Å². The number of carbonyl (C=O) groups excluding carboxylic acids is 12. The first kappa shape index (κ1) is 87.8. The Morgan fingerprint density at radius 1 is 0.551 bits per heavy atom. The van der Waals surface area contributed by atoms with Crippen molar-refractivity contribution in [2.75, 3.05) is 102 Å². The first-order chi connectivity index (χ1) is 45.6. The van der Waals surface area contributed by atoms with Crippen LogP contribution < -0.4 is 16.0 Å². The minimum Gasteiger partial charge on any atom is -0.450 e. The molecule has 2 saturated heterocycles. The van der Waals surface area contributed by atoms with Crippen LogP contribution in [0, 0.1) is 47.3 Å². The molecule has 0 radical (unpaired) electrons. The summed E-state index contributed by atoms with van der Waals surface area (Å²) in [6, 6.07) is -11.7. The van der Waals surface area contributed by atoms with Crippen molar-refractivity contribution in [3.63, 3.8) is 0 Å². The number of amides is 10. The van der Waals surface area contributed by atoms with Crippen LogP contribution in [-0.4, -0.2) is 284 Å². The van der Waals surface area contributed by atoms with E-state index in [1.54, 1.807) is 55.4 Å². The van der Waals surface area contributed by atoms with Gasteiger partial charge >= 0.3 is 6.09 Å². The fraction of sp³-hybridized carbons (Fsp3) is 0.831. The molecule has 27 nitrogen and oxygen atoms in total. The largest absolute Gasteiger partial charge is 0.450 e. The smallest absolute Gasteiger partial charge is 0.406 e. The Bertz CT molecular complexity index is 2650. The van der Waals surface area contributed by atoms with Gasteiger partial charge in [-0.3, -0.25) is 57.6 Å². The zero-order valence-corrected chi connectivity index (χ0v) is 63.9. The SMILES string of the molecule is CC[C@@H]1NC(=O)[C@H]([C@H](O)[C@H](C)CCOC(=O)NC)N(C)C(=O)[C@H](C(C)C)N(C)C(=O)[C@H](CC(C)C)N(C)C(=O)[C@H](CC(C)C)N(C)C(=O)[C@@H](C)NC(=O)[C@H](C)CC(=O)[C@H](CC(C)C)N(C)C(=O)[C@H](C(C)C)CC(=O)[C@H]([C@@H](C)OCCCCN2CCOCC2)N(C)C(=O)[C@@H](C)N(C)C1=O. The van der Waals surface area contributed by atoms with E-state index in [1.165, 1.54) is 94.7 Å². The Morgan fingerprint density at radius 2 is 1.05 bits per heavy atom. The molecule has 10 amide bonds. The highest BCUT2D eigenvalue weighted by atomic mass is 16.5. The standard InChI is InChI=1S/C71H127N11O16/c1-25-52-67(91)75(18)49(15)65(89)80(23)59(50(16)97-32-27-26-29-82-30-34-96-35-31-82)57(84)40-51(44(8)9)66(90)76(19)53(36-41(2)3)56(83)39-47(13)62(86)73-48(14)64(88)77(20)54(37-42(4)5)68(92)78(21)55(38-43(6)7)69(93)79(22)58(45(10)11)70(94)81(24)60(63(87)74-52)61(85)46(12)28-33-98-71(95)72-17/h41-55,58-61,85H,25-40H2,1-24H3,(H,72,95)(H,73,86)(H,74,87)/t46-,47-,48-,49-,50-,51+,52+,53+,54+,55+,58+,59+,60+,61-/m1/s1. The van der Waals surface area contributed by atoms with Crippen molar-refractivity contribution in [3.8, 4) is 0 Å². The summed E-state index contributed by atoms with van der Waals surface area (Å²) in [5.41, 5.74) is 0. The molecule has 14 atom stereocenters. The average Bonchev–Trinajstić information content (AvgIpc) is 0.805. The number of nitrogens with one attached hydrogen (secondary N) is 3. The number of likely N-dealkylation sites (N-methyl/N-ethyl adjacent to an activating group) is 7. The average molecular weight is 1390 g/mol. The van der Waals surface area contributed by atoms with Crippen LogP contribution in [0.5, 0.6) is 0 Å². The first-order valence-electron chi connectivity index (χ1n) is 35.6. The van der Waals surface area contributed by atoms with Gasteiger partial charge in [-0.15, -0.1) is 0 Å². The zero-order chi connectivity index (χ0) is 75.1. The molecule has 2 aliphatic heterocycles. The number of hydrogen-bond donors (Lipinski definition) is 4. The molecule has 562 valence electrons. The van der Waals surface area contributed by atoms with Crippen molar-refractivity contribution in [3.05, 3.63) is 0 Å². The van der Waals surface area contributed by atoms with E-state index >= 15 is 33.6 Å². The summed E-state index contributed by atoms with van der Waals surface area (Å²) in [4.78, 5) is 187. The minimum atomic E-state index is -1.76. The van der Waals surface area contributed by atoms with Gasteiger partial charge in [0.2, 0.25) is 53.2 Å². The third-order valence-electron chi connectivity index (χ3n) is 19.5. The number of unbranched alkanes of at least 4 members (excludes halogenated alkanes) is 1. The summed E-state index contributed by atoms with van der Waals surface area (Å²) in [6.07, 6.45) is -2.25. The van der Waals surface area contributed by atoms with E-state index in [9.17, 15) is 29.1 Å². The molecule has 27 heteroatoms. The Hall–Kier alpha value is -6.32. The van der Waals surface area contributed by atoms with Gasteiger partial charge in [-0.05, 0) is 108 Å². The van der Waals surface area contributed by atoms with E-state index in [-0.39, 0.29) is 75.9 Å². The summed E-state index contributed by atoms with van der Waals surface area (Å²) in [5, 5.41) is 20.2. The van der Waals surface area contributed by atoms with Gasteiger partial charge in [0.25, 0.3) is 0 Å². The van der Waals surface area contributed by atoms with Crippen molar-refractivity contribution in [2.24, 2.45) is 47.3 Å². The van der Waals surface area contributed by atoms with Gasteiger partial charge in [0.1, 0.15) is 48.3 Å². The van der Waals surface area contributed by atoms with Crippen LogP contribution in [0.4, 0.5) is 4.79 Å². The number of alkyl carbamates (subject to hydrolysis) is 1. The van der Waals surface area contributed by atoms with Crippen molar-refractivity contribution < 1.29 is 76.9 Å². The monoisotopic (exact) mass is 1390 g/mol. The van der Waals surface area contributed by atoms with E-state index in [0.29, 0.717) is 19.6 Å². The van der Waals surface area contributed by atoms with Crippen LogP contribution in [0.15, 0.2) is 0 Å². The van der Waals surface area contributed by atoms with E-state index in [0.717, 1.165) is 35.9 Å². The number of ether oxygens (including phenoxy) is 3. The lowest BCUT2D eigenvalue weighted by molar-refractivity contribution is -0.157.